The molecule has 1 fully saturated rings. The smallest absolute Gasteiger partial charge is 0.222 e. The molecule has 0 spiro atoms. The summed E-state index contributed by atoms with van der Waals surface area (Å²) in [5.41, 5.74) is -0.440. The molecule has 1 aliphatic rings. The van der Waals surface area contributed by atoms with Gasteiger partial charge >= 0.3 is 0 Å². The summed E-state index contributed by atoms with van der Waals surface area (Å²) in [7, 11) is 1.65. The third-order valence-corrected chi connectivity index (χ3v) is 4.99. The van der Waals surface area contributed by atoms with E-state index in [1.165, 1.54) is 58.2 Å². The second-order valence-electron chi connectivity index (χ2n) is 7.93. The van der Waals surface area contributed by atoms with Crippen molar-refractivity contribution in [2.45, 2.75) is 71.3 Å². The summed E-state index contributed by atoms with van der Waals surface area (Å²) in [6, 6.07) is 0. The van der Waals surface area contributed by atoms with Crippen molar-refractivity contribution in [2.24, 2.45) is 5.92 Å². The van der Waals surface area contributed by atoms with Gasteiger partial charge in [-0.25, -0.2) is 0 Å². The van der Waals surface area contributed by atoms with E-state index in [0.717, 1.165) is 6.54 Å². The molecular formula is C20H40N2O3. The van der Waals surface area contributed by atoms with E-state index < -0.39 is 5.60 Å². The lowest BCUT2D eigenvalue weighted by Crippen LogP contribution is -2.41. The lowest BCUT2D eigenvalue weighted by atomic mass is 9.96. The SMILES string of the molecule is CCCCCCN1CCC(CNC(=O)CC(C)(C)OCCOC)CC1. The summed E-state index contributed by atoms with van der Waals surface area (Å²) >= 11 is 0. The molecule has 1 saturated heterocycles. The molecule has 5 nitrogen and oxygen atoms in total. The number of amides is 1. The zero-order chi connectivity index (χ0) is 18.5. The van der Waals surface area contributed by atoms with Crippen LogP contribution in [0.25, 0.3) is 0 Å². The normalized spacial score (nSPS) is 17.0. The van der Waals surface area contributed by atoms with Crippen LogP contribution in [0.2, 0.25) is 0 Å². The Hall–Kier alpha value is -0.650. The van der Waals surface area contributed by atoms with Gasteiger partial charge < -0.3 is 19.7 Å². The zero-order valence-electron chi connectivity index (χ0n) is 16.9. The van der Waals surface area contributed by atoms with Crippen LogP contribution in [0.5, 0.6) is 0 Å². The zero-order valence-corrected chi connectivity index (χ0v) is 16.9. The molecule has 0 atom stereocenters. The van der Waals surface area contributed by atoms with Crippen LogP contribution in [0.3, 0.4) is 0 Å². The Morgan fingerprint density at radius 2 is 1.88 bits per heavy atom. The first-order valence-electron chi connectivity index (χ1n) is 10.1. The van der Waals surface area contributed by atoms with Crippen LogP contribution in [0, 0.1) is 5.92 Å². The third kappa shape index (κ3) is 10.8. The standard InChI is InChI=1S/C20H40N2O3/c1-5-6-7-8-11-22-12-9-18(10-13-22)17-21-19(23)16-20(2,3)25-15-14-24-4/h18H,5-17H2,1-4H3,(H,21,23). The van der Waals surface area contributed by atoms with E-state index >= 15 is 0 Å². The maximum absolute atomic E-state index is 12.2. The van der Waals surface area contributed by atoms with Gasteiger partial charge in [-0.3, -0.25) is 4.79 Å². The number of unbranched alkanes of at least 4 members (excludes halogenated alkanes) is 3. The molecule has 0 saturated carbocycles. The molecule has 0 radical (unpaired) electrons. The maximum Gasteiger partial charge on any atom is 0.222 e. The quantitative estimate of drug-likeness (QED) is 0.515. The van der Waals surface area contributed by atoms with Gasteiger partial charge in [0, 0.05) is 13.7 Å². The Labute approximate surface area is 154 Å². The Morgan fingerprint density at radius 1 is 1.16 bits per heavy atom. The number of nitrogens with one attached hydrogen (secondary N) is 1. The van der Waals surface area contributed by atoms with Gasteiger partial charge in [0.25, 0.3) is 0 Å². The van der Waals surface area contributed by atoms with Crippen LogP contribution in [-0.2, 0) is 14.3 Å². The van der Waals surface area contributed by atoms with Crippen molar-refractivity contribution in [3.63, 3.8) is 0 Å². The number of methoxy groups -OCH3 is 1. The number of likely N-dealkylation sites (tertiary alicyclic amines) is 1. The predicted molar refractivity (Wildman–Crippen MR) is 103 cm³/mol. The molecule has 1 aliphatic heterocycles. The second kappa shape index (κ2) is 12.7. The van der Waals surface area contributed by atoms with Crippen LogP contribution < -0.4 is 5.32 Å². The molecule has 5 heteroatoms. The minimum absolute atomic E-state index is 0.0874. The minimum atomic E-state index is -0.440. The van der Waals surface area contributed by atoms with E-state index in [2.05, 4.69) is 17.1 Å². The van der Waals surface area contributed by atoms with Gasteiger partial charge in [0.15, 0.2) is 0 Å². The fraction of sp³-hybridized carbons (Fsp3) is 0.950. The molecule has 0 aliphatic carbocycles. The van der Waals surface area contributed by atoms with Crippen molar-refractivity contribution in [1.29, 1.82) is 0 Å². The number of carbonyl (C=O) groups is 1. The van der Waals surface area contributed by atoms with Crippen molar-refractivity contribution < 1.29 is 14.3 Å². The fourth-order valence-corrected chi connectivity index (χ4v) is 3.34. The number of nitrogens with zero attached hydrogens (tertiary/aromatic N) is 1. The van der Waals surface area contributed by atoms with Crippen molar-refractivity contribution in [3.8, 4) is 0 Å². The van der Waals surface area contributed by atoms with E-state index in [1.807, 2.05) is 13.8 Å². The summed E-state index contributed by atoms with van der Waals surface area (Å²) in [4.78, 5) is 14.8. The average Bonchev–Trinajstić information content (AvgIpc) is 2.57. The van der Waals surface area contributed by atoms with Crippen molar-refractivity contribution >= 4 is 5.91 Å². The molecule has 1 heterocycles. The molecule has 1 N–H and O–H groups in total. The Kier molecular flexibility index (Phi) is 11.3. The predicted octanol–water partition coefficient (Wildman–Crippen LogP) is 3.23. The molecule has 1 amide bonds. The molecule has 0 aromatic rings. The van der Waals surface area contributed by atoms with Crippen LogP contribution in [0.1, 0.15) is 65.7 Å². The number of hydrogen-bond donors (Lipinski definition) is 1. The maximum atomic E-state index is 12.2. The summed E-state index contributed by atoms with van der Waals surface area (Å²) in [5, 5.41) is 3.10. The van der Waals surface area contributed by atoms with Gasteiger partial charge in [-0.2, -0.15) is 0 Å². The first-order valence-corrected chi connectivity index (χ1v) is 10.1. The molecule has 0 bridgehead atoms. The van der Waals surface area contributed by atoms with Gasteiger partial charge in [0.1, 0.15) is 0 Å². The van der Waals surface area contributed by atoms with Crippen molar-refractivity contribution in [1.82, 2.24) is 10.2 Å². The lowest BCUT2D eigenvalue weighted by molar-refractivity contribution is -0.128. The van der Waals surface area contributed by atoms with E-state index in [9.17, 15) is 4.79 Å². The van der Waals surface area contributed by atoms with Crippen LogP contribution in [0.4, 0.5) is 0 Å². The van der Waals surface area contributed by atoms with E-state index in [4.69, 9.17) is 9.47 Å². The number of piperidine rings is 1. The average molecular weight is 357 g/mol. The Balaban J connectivity index is 2.12. The topological polar surface area (TPSA) is 50.8 Å². The molecule has 25 heavy (non-hydrogen) atoms. The van der Waals surface area contributed by atoms with Crippen LogP contribution >= 0.6 is 0 Å². The summed E-state index contributed by atoms with van der Waals surface area (Å²) in [6.07, 6.45) is 8.13. The second-order valence-corrected chi connectivity index (χ2v) is 7.93. The highest BCUT2D eigenvalue weighted by atomic mass is 16.5. The van der Waals surface area contributed by atoms with Crippen molar-refractivity contribution in [2.75, 3.05) is 46.5 Å². The Morgan fingerprint density at radius 3 is 2.52 bits per heavy atom. The van der Waals surface area contributed by atoms with Gasteiger partial charge in [-0.05, 0) is 58.7 Å². The van der Waals surface area contributed by atoms with E-state index in [1.54, 1.807) is 7.11 Å². The van der Waals surface area contributed by atoms with Gasteiger partial charge in [-0.15, -0.1) is 0 Å². The third-order valence-electron chi connectivity index (χ3n) is 4.99. The summed E-state index contributed by atoms with van der Waals surface area (Å²) < 4.78 is 10.7. The molecule has 0 aromatic carbocycles. The molecule has 1 rings (SSSR count). The van der Waals surface area contributed by atoms with Gasteiger partial charge in [0.05, 0.1) is 25.2 Å². The highest BCUT2D eigenvalue weighted by molar-refractivity contribution is 5.76. The minimum Gasteiger partial charge on any atom is -0.382 e. The lowest BCUT2D eigenvalue weighted by Gasteiger charge is -2.32. The highest BCUT2D eigenvalue weighted by Gasteiger charge is 2.24. The monoisotopic (exact) mass is 356 g/mol. The van der Waals surface area contributed by atoms with Crippen LogP contribution in [-0.4, -0.2) is 62.9 Å². The van der Waals surface area contributed by atoms with E-state index in [-0.39, 0.29) is 5.91 Å². The van der Waals surface area contributed by atoms with Gasteiger partial charge in [-0.1, -0.05) is 26.2 Å². The summed E-state index contributed by atoms with van der Waals surface area (Å²) in [6.45, 7) is 11.7. The largest absolute Gasteiger partial charge is 0.382 e. The van der Waals surface area contributed by atoms with Crippen LogP contribution in [0.15, 0.2) is 0 Å². The molecule has 148 valence electrons. The van der Waals surface area contributed by atoms with Crippen molar-refractivity contribution in [3.05, 3.63) is 0 Å². The highest BCUT2D eigenvalue weighted by Crippen LogP contribution is 2.18. The number of ether oxygens (including phenoxy) is 2. The Bertz CT molecular complexity index is 353. The first-order chi connectivity index (χ1) is 12.0. The van der Waals surface area contributed by atoms with Gasteiger partial charge in [0.2, 0.25) is 5.91 Å². The molecular weight excluding hydrogens is 316 g/mol. The number of hydrogen-bond acceptors (Lipinski definition) is 4. The number of rotatable bonds is 13. The number of carbonyl (C=O) groups excluding carboxylic acids is 1. The van der Waals surface area contributed by atoms with E-state index in [0.29, 0.717) is 25.6 Å². The molecule has 0 unspecified atom stereocenters. The fourth-order valence-electron chi connectivity index (χ4n) is 3.34. The first kappa shape index (κ1) is 22.4. The summed E-state index contributed by atoms with van der Waals surface area (Å²) in [5.74, 6) is 0.706. The molecule has 0 aromatic heterocycles.